The van der Waals surface area contributed by atoms with Crippen molar-refractivity contribution >= 4 is 5.69 Å². The highest BCUT2D eigenvalue weighted by Crippen LogP contribution is 2.48. The second-order valence-corrected chi connectivity index (χ2v) is 7.04. The van der Waals surface area contributed by atoms with Crippen LogP contribution in [0.15, 0.2) is 18.3 Å². The summed E-state index contributed by atoms with van der Waals surface area (Å²) in [7, 11) is 2.22. The number of hydrogen-bond donors (Lipinski definition) is 1. The summed E-state index contributed by atoms with van der Waals surface area (Å²) in [6, 6.07) is 4.73. The summed E-state index contributed by atoms with van der Waals surface area (Å²) in [6.07, 6.45) is 7.95. The lowest BCUT2D eigenvalue weighted by Crippen LogP contribution is -2.28. The summed E-state index contributed by atoms with van der Waals surface area (Å²) >= 11 is 0. The number of pyridine rings is 1. The van der Waals surface area contributed by atoms with Crippen molar-refractivity contribution in [3.8, 4) is 0 Å². The van der Waals surface area contributed by atoms with Crippen molar-refractivity contribution in [2.75, 3.05) is 25.0 Å². The molecule has 1 heterocycles. The molecular formula is C18H29N3. The summed E-state index contributed by atoms with van der Waals surface area (Å²) < 4.78 is 0. The number of hydrogen-bond acceptors (Lipinski definition) is 3. The van der Waals surface area contributed by atoms with Crippen molar-refractivity contribution in [1.29, 1.82) is 0 Å². The Morgan fingerprint density at radius 1 is 1.33 bits per heavy atom. The highest BCUT2D eigenvalue weighted by atomic mass is 15.1. The SMILES string of the molecule is CCNC(C)c1ccc(N(C)CC2CC3CCC2C3)cn1. The molecule has 0 saturated heterocycles. The lowest BCUT2D eigenvalue weighted by Gasteiger charge is -2.28. The zero-order chi connectivity index (χ0) is 14.8. The van der Waals surface area contributed by atoms with Crippen LogP contribution >= 0.6 is 0 Å². The van der Waals surface area contributed by atoms with E-state index in [1.165, 1.54) is 37.9 Å². The second-order valence-electron chi connectivity index (χ2n) is 7.04. The predicted octanol–water partition coefficient (Wildman–Crippen LogP) is 3.62. The van der Waals surface area contributed by atoms with Crippen LogP contribution in [0.3, 0.4) is 0 Å². The van der Waals surface area contributed by atoms with Crippen molar-refractivity contribution < 1.29 is 0 Å². The minimum Gasteiger partial charge on any atom is -0.373 e. The van der Waals surface area contributed by atoms with Crippen molar-refractivity contribution in [1.82, 2.24) is 10.3 Å². The zero-order valence-corrected chi connectivity index (χ0v) is 13.7. The average molecular weight is 287 g/mol. The van der Waals surface area contributed by atoms with Crippen LogP contribution in [-0.2, 0) is 0 Å². The molecule has 0 spiro atoms. The first-order valence-corrected chi connectivity index (χ1v) is 8.57. The fourth-order valence-electron chi connectivity index (χ4n) is 4.35. The lowest BCUT2D eigenvalue weighted by atomic mass is 9.88. The third kappa shape index (κ3) is 3.23. The number of rotatable bonds is 6. The van der Waals surface area contributed by atoms with Gasteiger partial charge in [0.15, 0.2) is 0 Å². The molecule has 1 aromatic rings. The fraction of sp³-hybridized carbons (Fsp3) is 0.722. The van der Waals surface area contributed by atoms with Crippen LogP contribution < -0.4 is 10.2 Å². The number of nitrogens with one attached hydrogen (secondary N) is 1. The normalized spacial score (nSPS) is 28.8. The Hall–Kier alpha value is -1.09. The first kappa shape index (κ1) is 14.8. The van der Waals surface area contributed by atoms with Crippen LogP contribution in [-0.4, -0.2) is 25.1 Å². The van der Waals surface area contributed by atoms with E-state index in [1.807, 2.05) is 6.20 Å². The minimum absolute atomic E-state index is 0.333. The van der Waals surface area contributed by atoms with E-state index in [1.54, 1.807) is 0 Å². The van der Waals surface area contributed by atoms with E-state index >= 15 is 0 Å². The van der Waals surface area contributed by atoms with E-state index in [2.05, 4.69) is 48.2 Å². The largest absolute Gasteiger partial charge is 0.373 e. The number of fused-ring (bicyclic) bond motifs is 2. The molecule has 1 aromatic heterocycles. The van der Waals surface area contributed by atoms with E-state index < -0.39 is 0 Å². The van der Waals surface area contributed by atoms with Crippen LogP contribution in [0.5, 0.6) is 0 Å². The molecule has 4 unspecified atom stereocenters. The van der Waals surface area contributed by atoms with Gasteiger partial charge in [0.2, 0.25) is 0 Å². The van der Waals surface area contributed by atoms with Crippen molar-refractivity contribution in [2.24, 2.45) is 17.8 Å². The zero-order valence-electron chi connectivity index (χ0n) is 13.7. The lowest BCUT2D eigenvalue weighted by molar-refractivity contribution is 0.337. The maximum absolute atomic E-state index is 4.64. The molecule has 2 saturated carbocycles. The minimum atomic E-state index is 0.333. The first-order chi connectivity index (χ1) is 10.2. The third-order valence-electron chi connectivity index (χ3n) is 5.56. The van der Waals surface area contributed by atoms with Gasteiger partial charge in [-0.1, -0.05) is 13.3 Å². The molecule has 2 bridgehead atoms. The molecule has 2 fully saturated rings. The van der Waals surface area contributed by atoms with Gasteiger partial charge in [-0.15, -0.1) is 0 Å². The van der Waals surface area contributed by atoms with Gasteiger partial charge in [0.05, 0.1) is 17.6 Å². The summed E-state index contributed by atoms with van der Waals surface area (Å²) in [5.41, 5.74) is 2.39. The smallest absolute Gasteiger partial charge is 0.0572 e. The molecular weight excluding hydrogens is 258 g/mol. The molecule has 2 aliphatic rings. The predicted molar refractivity (Wildman–Crippen MR) is 88.5 cm³/mol. The van der Waals surface area contributed by atoms with E-state index in [9.17, 15) is 0 Å². The summed E-state index contributed by atoms with van der Waals surface area (Å²) in [4.78, 5) is 7.04. The van der Waals surface area contributed by atoms with Crippen LogP contribution in [0, 0.1) is 17.8 Å². The second kappa shape index (κ2) is 6.35. The quantitative estimate of drug-likeness (QED) is 0.866. The number of aromatic nitrogens is 1. The molecule has 3 heteroatoms. The van der Waals surface area contributed by atoms with Crippen LogP contribution in [0.4, 0.5) is 5.69 Å². The highest BCUT2D eigenvalue weighted by Gasteiger charge is 2.39. The highest BCUT2D eigenvalue weighted by molar-refractivity contribution is 5.44. The van der Waals surface area contributed by atoms with E-state index in [0.717, 1.165) is 30.0 Å². The molecule has 2 aliphatic carbocycles. The van der Waals surface area contributed by atoms with Gasteiger partial charge in [-0.05, 0) is 62.6 Å². The van der Waals surface area contributed by atoms with Gasteiger partial charge >= 0.3 is 0 Å². The summed E-state index contributed by atoms with van der Waals surface area (Å²) in [6.45, 7) is 6.48. The molecule has 1 N–H and O–H groups in total. The Balaban J connectivity index is 1.58. The molecule has 4 atom stereocenters. The van der Waals surface area contributed by atoms with Gasteiger partial charge in [0.1, 0.15) is 0 Å². The Morgan fingerprint density at radius 3 is 2.76 bits per heavy atom. The van der Waals surface area contributed by atoms with E-state index in [0.29, 0.717) is 6.04 Å². The van der Waals surface area contributed by atoms with Gasteiger partial charge < -0.3 is 10.2 Å². The van der Waals surface area contributed by atoms with Gasteiger partial charge in [-0.25, -0.2) is 0 Å². The monoisotopic (exact) mass is 287 g/mol. The van der Waals surface area contributed by atoms with Gasteiger partial charge in [-0.3, -0.25) is 4.98 Å². The molecule has 116 valence electrons. The number of anilines is 1. The van der Waals surface area contributed by atoms with Crippen molar-refractivity contribution in [3.63, 3.8) is 0 Å². The standard InChI is InChI=1S/C18H29N3/c1-4-19-13(2)18-8-7-17(11-20-18)21(3)12-16-10-14-5-6-15(16)9-14/h7-8,11,13-16,19H,4-6,9-10,12H2,1-3H3. The van der Waals surface area contributed by atoms with E-state index in [4.69, 9.17) is 0 Å². The molecule has 0 amide bonds. The van der Waals surface area contributed by atoms with Gasteiger partial charge in [0.25, 0.3) is 0 Å². The molecule has 0 radical (unpaired) electrons. The maximum atomic E-state index is 4.64. The Kier molecular flexibility index (Phi) is 4.48. The van der Waals surface area contributed by atoms with Crippen LogP contribution in [0.25, 0.3) is 0 Å². The van der Waals surface area contributed by atoms with Gasteiger partial charge in [-0.2, -0.15) is 0 Å². The third-order valence-corrected chi connectivity index (χ3v) is 5.56. The first-order valence-electron chi connectivity index (χ1n) is 8.57. The molecule has 3 rings (SSSR count). The van der Waals surface area contributed by atoms with Crippen LogP contribution in [0.1, 0.15) is 51.3 Å². The number of nitrogens with zero attached hydrogens (tertiary/aromatic N) is 2. The molecule has 0 aliphatic heterocycles. The topological polar surface area (TPSA) is 28.2 Å². The van der Waals surface area contributed by atoms with Crippen LogP contribution in [0.2, 0.25) is 0 Å². The van der Waals surface area contributed by atoms with Crippen molar-refractivity contribution in [3.05, 3.63) is 24.0 Å². The van der Waals surface area contributed by atoms with Gasteiger partial charge in [0, 0.05) is 19.6 Å². The molecule has 0 aromatic carbocycles. The Bertz CT molecular complexity index is 456. The maximum Gasteiger partial charge on any atom is 0.0572 e. The van der Waals surface area contributed by atoms with Crippen molar-refractivity contribution in [2.45, 2.75) is 45.6 Å². The molecule has 21 heavy (non-hydrogen) atoms. The summed E-state index contributed by atoms with van der Waals surface area (Å²) in [5, 5.41) is 3.41. The fourth-order valence-corrected chi connectivity index (χ4v) is 4.35. The Labute approximate surface area is 129 Å². The summed E-state index contributed by atoms with van der Waals surface area (Å²) in [5.74, 6) is 2.95. The van der Waals surface area contributed by atoms with E-state index in [-0.39, 0.29) is 0 Å². The molecule has 3 nitrogen and oxygen atoms in total. The Morgan fingerprint density at radius 2 is 2.19 bits per heavy atom. The average Bonchev–Trinajstić information content (AvgIpc) is 3.10.